The molecule has 0 fully saturated rings. The Kier molecular flexibility index (Phi) is 34.5. The number of quaternary nitrogens is 2. The largest absolute Gasteiger partial charge is 0.870 e. The van der Waals surface area contributed by atoms with Crippen molar-refractivity contribution in [1.82, 2.24) is 12.3 Å². The molecule has 0 rings (SSSR count). The van der Waals surface area contributed by atoms with Gasteiger partial charge >= 0.3 is 0 Å². The van der Waals surface area contributed by atoms with E-state index in [1.54, 1.807) is 0 Å². The van der Waals surface area contributed by atoms with Crippen LogP contribution in [0.2, 0.25) is 0 Å². The van der Waals surface area contributed by atoms with E-state index in [0.29, 0.717) is 0 Å². The number of unbranched alkanes of at least 4 members (excludes halogenated alkanes) is 14. The van der Waals surface area contributed by atoms with Gasteiger partial charge in [0.05, 0.1) is 0 Å². The zero-order valence-corrected chi connectivity index (χ0v) is 16.1. The zero-order chi connectivity index (χ0) is 14.9. The first-order valence-corrected chi connectivity index (χ1v) is 8.97. The monoisotopic (exact) mass is 336 g/mol. The normalized spacial score (nSPS) is 9.43. The van der Waals surface area contributed by atoms with E-state index in [1.165, 1.54) is 83.5 Å². The number of carbonyl (C=O) groups excluding carboxylic acids is 1. The minimum absolute atomic E-state index is 0. The number of carboxylic acid groups (broad SMARTS) is 1. The first kappa shape index (κ1) is 30.3. The lowest BCUT2D eigenvalue weighted by molar-refractivity contribution is -0.305. The molecule has 0 atom stereocenters. The average Bonchev–Trinajstić information content (AvgIpc) is 2.43. The summed E-state index contributed by atoms with van der Waals surface area (Å²) in [7, 11) is 0. The number of hydrogen-bond acceptors (Lipinski definition) is 3. The Morgan fingerprint density at radius 3 is 1.13 bits per heavy atom. The molecule has 0 bridgehead atoms. The molecule has 23 heavy (non-hydrogen) atoms. The molecular formula is C18H44N2O3. The van der Waals surface area contributed by atoms with E-state index in [9.17, 15) is 9.90 Å². The van der Waals surface area contributed by atoms with Crippen molar-refractivity contribution in [3.05, 3.63) is 0 Å². The number of carbonyl (C=O) groups is 1. The van der Waals surface area contributed by atoms with E-state index in [2.05, 4.69) is 6.92 Å². The molecule has 0 saturated carbocycles. The third-order valence-corrected chi connectivity index (χ3v) is 3.98. The Labute approximate surface area is 144 Å². The minimum atomic E-state index is -0.903. The highest BCUT2D eigenvalue weighted by Gasteiger charge is 1.94. The summed E-state index contributed by atoms with van der Waals surface area (Å²) in [6.07, 6.45) is 19.9. The summed E-state index contributed by atoms with van der Waals surface area (Å²) in [5.74, 6) is -0.903. The lowest BCUT2D eigenvalue weighted by Crippen LogP contribution is -2.21. The van der Waals surface area contributed by atoms with Gasteiger partial charge in [0.25, 0.3) is 0 Å². The predicted octanol–water partition coefficient (Wildman–Crippen LogP) is 5.57. The summed E-state index contributed by atoms with van der Waals surface area (Å²) in [4.78, 5) is 10.2. The van der Waals surface area contributed by atoms with Crippen LogP contribution in [0, 0.1) is 0 Å². The summed E-state index contributed by atoms with van der Waals surface area (Å²) < 4.78 is 0. The summed E-state index contributed by atoms with van der Waals surface area (Å²) in [5.41, 5.74) is 0. The fourth-order valence-electron chi connectivity index (χ4n) is 2.64. The molecule has 0 aromatic rings. The van der Waals surface area contributed by atoms with Crippen molar-refractivity contribution in [2.24, 2.45) is 0 Å². The molecule has 0 unspecified atom stereocenters. The van der Waals surface area contributed by atoms with Gasteiger partial charge in [0.1, 0.15) is 0 Å². The summed E-state index contributed by atoms with van der Waals surface area (Å²) in [5, 5.41) is 10.2. The van der Waals surface area contributed by atoms with E-state index in [0.717, 1.165) is 12.8 Å². The Morgan fingerprint density at radius 1 is 0.609 bits per heavy atom. The second-order valence-electron chi connectivity index (χ2n) is 6.07. The summed E-state index contributed by atoms with van der Waals surface area (Å²) in [6, 6.07) is 0. The third kappa shape index (κ3) is 29.9. The van der Waals surface area contributed by atoms with Gasteiger partial charge in [-0.25, -0.2) is 0 Å². The van der Waals surface area contributed by atoms with E-state index < -0.39 is 5.97 Å². The zero-order valence-electron chi connectivity index (χ0n) is 16.1. The van der Waals surface area contributed by atoms with Gasteiger partial charge in [-0.15, -0.1) is 0 Å². The SMILES string of the molecule is CCCCCCCCCCCCCCCCCC(=O)[O-].[NH4+].[NH4+].[OH-]. The van der Waals surface area contributed by atoms with Crippen LogP contribution in [0.1, 0.15) is 110 Å². The fourth-order valence-corrected chi connectivity index (χ4v) is 2.64. The summed E-state index contributed by atoms with van der Waals surface area (Å²) in [6.45, 7) is 2.27. The molecule has 144 valence electrons. The van der Waals surface area contributed by atoms with Crippen molar-refractivity contribution in [2.45, 2.75) is 110 Å². The molecule has 0 aliphatic rings. The van der Waals surface area contributed by atoms with E-state index in [1.807, 2.05) is 0 Å². The maximum atomic E-state index is 10.2. The molecule has 5 nitrogen and oxygen atoms in total. The van der Waals surface area contributed by atoms with Crippen LogP contribution in [0.4, 0.5) is 0 Å². The minimum Gasteiger partial charge on any atom is -0.870 e. The molecule has 0 amide bonds. The highest BCUT2D eigenvalue weighted by molar-refractivity contribution is 5.63. The van der Waals surface area contributed by atoms with Crippen LogP contribution < -0.4 is 17.4 Å². The third-order valence-electron chi connectivity index (χ3n) is 3.98. The smallest absolute Gasteiger partial charge is 0.0414 e. The molecule has 5 heteroatoms. The van der Waals surface area contributed by atoms with Crippen molar-refractivity contribution >= 4 is 5.97 Å². The fraction of sp³-hybridized carbons (Fsp3) is 0.944. The molecule has 0 aliphatic heterocycles. The standard InChI is InChI=1S/C18H36O2.2H3N.H2O/c1-2-3-4-5-6-7-8-9-10-11-12-13-14-15-16-17-18(19)20;;;/h2-17H2,1H3,(H,19,20);2*1H3;1H2. The van der Waals surface area contributed by atoms with Crippen molar-refractivity contribution in [1.29, 1.82) is 0 Å². The molecular weight excluding hydrogens is 292 g/mol. The topological polar surface area (TPSA) is 143 Å². The number of rotatable bonds is 16. The molecule has 0 aromatic heterocycles. The van der Waals surface area contributed by atoms with Crippen LogP contribution in [0.15, 0.2) is 0 Å². The van der Waals surface area contributed by atoms with Gasteiger partial charge in [-0.05, 0) is 12.8 Å². The van der Waals surface area contributed by atoms with Gasteiger partial charge in [-0.2, -0.15) is 0 Å². The van der Waals surface area contributed by atoms with Gasteiger partial charge in [-0.3, -0.25) is 0 Å². The highest BCUT2D eigenvalue weighted by Crippen LogP contribution is 2.13. The second-order valence-corrected chi connectivity index (χ2v) is 6.07. The van der Waals surface area contributed by atoms with Crippen molar-refractivity contribution in [2.75, 3.05) is 0 Å². The first-order chi connectivity index (χ1) is 9.77. The van der Waals surface area contributed by atoms with Gasteiger partial charge in [0, 0.05) is 5.97 Å². The Hall–Kier alpha value is -0.650. The molecule has 9 N–H and O–H groups in total. The predicted molar refractivity (Wildman–Crippen MR) is 98.5 cm³/mol. The molecule has 0 aromatic carbocycles. The summed E-state index contributed by atoms with van der Waals surface area (Å²) >= 11 is 0. The molecule has 0 heterocycles. The Bertz CT molecular complexity index is 214. The van der Waals surface area contributed by atoms with E-state index in [-0.39, 0.29) is 24.2 Å². The van der Waals surface area contributed by atoms with E-state index >= 15 is 0 Å². The Balaban J connectivity index is -0.000000602. The highest BCUT2D eigenvalue weighted by atomic mass is 16.4. The number of aliphatic carboxylic acids is 1. The van der Waals surface area contributed by atoms with Crippen LogP contribution >= 0.6 is 0 Å². The quantitative estimate of drug-likeness (QED) is 0.355. The van der Waals surface area contributed by atoms with Crippen molar-refractivity contribution in [3.8, 4) is 0 Å². The molecule has 0 spiro atoms. The Morgan fingerprint density at radius 2 is 0.870 bits per heavy atom. The van der Waals surface area contributed by atoms with Crippen molar-refractivity contribution in [3.63, 3.8) is 0 Å². The van der Waals surface area contributed by atoms with Crippen LogP contribution in [-0.2, 0) is 4.79 Å². The lowest BCUT2D eigenvalue weighted by atomic mass is 10.0. The van der Waals surface area contributed by atoms with E-state index in [4.69, 9.17) is 0 Å². The van der Waals surface area contributed by atoms with Crippen LogP contribution in [0.3, 0.4) is 0 Å². The average molecular weight is 337 g/mol. The van der Waals surface area contributed by atoms with Gasteiger partial charge in [-0.1, -0.05) is 96.8 Å². The molecule has 0 radical (unpaired) electrons. The van der Waals surface area contributed by atoms with Crippen LogP contribution in [0.25, 0.3) is 0 Å². The lowest BCUT2D eigenvalue weighted by Gasteiger charge is -2.04. The van der Waals surface area contributed by atoms with Crippen LogP contribution in [-0.4, -0.2) is 11.4 Å². The van der Waals surface area contributed by atoms with Gasteiger partial charge < -0.3 is 27.7 Å². The van der Waals surface area contributed by atoms with Crippen molar-refractivity contribution < 1.29 is 15.4 Å². The van der Waals surface area contributed by atoms with Gasteiger partial charge in [0.15, 0.2) is 0 Å². The first-order valence-electron chi connectivity index (χ1n) is 8.97. The molecule has 0 saturated heterocycles. The van der Waals surface area contributed by atoms with Gasteiger partial charge in [0.2, 0.25) is 0 Å². The number of carboxylic acids is 1. The maximum absolute atomic E-state index is 10.2. The van der Waals surface area contributed by atoms with Crippen LogP contribution in [0.5, 0.6) is 0 Å². The maximum Gasteiger partial charge on any atom is 0.0414 e. The second kappa shape index (κ2) is 26.3. The number of hydrogen-bond donors (Lipinski definition) is 2. The molecule has 0 aliphatic carbocycles.